The largest absolute Gasteiger partial charge is 0.488 e. The van der Waals surface area contributed by atoms with Crippen molar-refractivity contribution >= 4 is 16.7 Å². The van der Waals surface area contributed by atoms with Crippen LogP contribution >= 0.6 is 0 Å². The summed E-state index contributed by atoms with van der Waals surface area (Å²) in [6, 6.07) is 5.91. The Hall–Kier alpha value is -2.74. The molecule has 7 nitrogen and oxygen atoms in total. The molecular formula is C21H27FN6O. The summed E-state index contributed by atoms with van der Waals surface area (Å²) in [5, 5.41) is 8.06. The van der Waals surface area contributed by atoms with Crippen LogP contribution in [0.15, 0.2) is 24.5 Å². The van der Waals surface area contributed by atoms with Gasteiger partial charge in [-0.2, -0.15) is 5.10 Å². The zero-order chi connectivity index (χ0) is 20.7. The minimum atomic E-state index is -0.412. The second kappa shape index (κ2) is 7.59. The molecule has 0 amide bonds. The number of halogens is 1. The van der Waals surface area contributed by atoms with Gasteiger partial charge in [-0.3, -0.25) is 10.00 Å². The Kier molecular flexibility index (Phi) is 5.12. The van der Waals surface area contributed by atoms with Crippen LogP contribution in [-0.2, 0) is 0 Å². The molecule has 1 N–H and O–H groups in total. The number of hydrogen-bond donors (Lipinski definition) is 1. The lowest BCUT2D eigenvalue weighted by Gasteiger charge is -2.42. The molecule has 3 aromatic rings. The highest BCUT2D eigenvalue weighted by Crippen LogP contribution is 2.32. The lowest BCUT2D eigenvalue weighted by molar-refractivity contribution is 0.169. The highest BCUT2D eigenvalue weighted by atomic mass is 19.1. The number of aromatic amines is 1. The number of nitrogens with zero attached hydrogens (tertiary/aromatic N) is 5. The molecule has 8 heteroatoms. The maximum atomic E-state index is 14.3. The van der Waals surface area contributed by atoms with Crippen molar-refractivity contribution in [3.63, 3.8) is 0 Å². The Balaban J connectivity index is 1.70. The lowest BCUT2D eigenvalue weighted by atomic mass is 10.1. The van der Waals surface area contributed by atoms with Crippen molar-refractivity contribution in [2.75, 3.05) is 25.0 Å². The molecule has 1 saturated heterocycles. The van der Waals surface area contributed by atoms with Crippen molar-refractivity contribution in [3.05, 3.63) is 30.3 Å². The van der Waals surface area contributed by atoms with Crippen LogP contribution in [0.4, 0.5) is 10.2 Å². The van der Waals surface area contributed by atoms with Gasteiger partial charge in [0.05, 0.1) is 17.3 Å². The molecule has 154 valence electrons. The first-order valence-electron chi connectivity index (χ1n) is 9.97. The highest BCUT2D eigenvalue weighted by molar-refractivity contribution is 5.93. The van der Waals surface area contributed by atoms with Crippen molar-refractivity contribution in [2.45, 2.75) is 45.9 Å². The lowest BCUT2D eigenvalue weighted by Crippen LogP contribution is -2.55. The fraction of sp³-hybridized carbons (Fsp3) is 0.476. The van der Waals surface area contributed by atoms with Gasteiger partial charge >= 0.3 is 0 Å². The first-order valence-corrected chi connectivity index (χ1v) is 9.97. The van der Waals surface area contributed by atoms with Crippen LogP contribution in [0.1, 0.15) is 27.7 Å². The van der Waals surface area contributed by atoms with E-state index in [1.165, 1.54) is 6.07 Å². The average molecular weight is 398 g/mol. The Morgan fingerprint density at radius 3 is 2.55 bits per heavy atom. The van der Waals surface area contributed by atoms with E-state index in [1.807, 2.05) is 19.9 Å². The molecule has 0 aliphatic carbocycles. The van der Waals surface area contributed by atoms with E-state index in [-0.39, 0.29) is 11.9 Å². The molecule has 29 heavy (non-hydrogen) atoms. The van der Waals surface area contributed by atoms with Gasteiger partial charge in [-0.25, -0.2) is 14.4 Å². The van der Waals surface area contributed by atoms with Gasteiger partial charge in [0, 0.05) is 42.7 Å². The molecule has 2 atom stereocenters. The number of benzene rings is 1. The molecule has 1 aliphatic rings. The van der Waals surface area contributed by atoms with E-state index >= 15 is 0 Å². The Morgan fingerprint density at radius 2 is 1.86 bits per heavy atom. The van der Waals surface area contributed by atoms with E-state index < -0.39 is 5.82 Å². The summed E-state index contributed by atoms with van der Waals surface area (Å²) in [6.45, 7) is 9.98. The van der Waals surface area contributed by atoms with E-state index in [1.54, 1.807) is 12.4 Å². The number of rotatable bonds is 4. The molecular weight excluding hydrogens is 371 g/mol. The zero-order valence-electron chi connectivity index (χ0n) is 17.5. The monoisotopic (exact) mass is 398 g/mol. The number of aromatic nitrogens is 4. The van der Waals surface area contributed by atoms with Gasteiger partial charge in [0.2, 0.25) is 0 Å². The Morgan fingerprint density at radius 1 is 1.14 bits per heavy atom. The Bertz CT molecular complexity index is 1010. The molecule has 0 radical (unpaired) electrons. The Labute approximate surface area is 169 Å². The first-order chi connectivity index (χ1) is 13.8. The number of nitrogens with one attached hydrogen (secondary N) is 1. The van der Waals surface area contributed by atoms with Crippen LogP contribution in [0.5, 0.6) is 5.75 Å². The van der Waals surface area contributed by atoms with Gasteiger partial charge in [-0.15, -0.1) is 0 Å². The summed E-state index contributed by atoms with van der Waals surface area (Å²) < 4.78 is 19.9. The van der Waals surface area contributed by atoms with Crippen molar-refractivity contribution in [1.29, 1.82) is 0 Å². The number of ether oxygens (including phenoxy) is 1. The van der Waals surface area contributed by atoms with Crippen LogP contribution in [-0.4, -0.2) is 63.4 Å². The summed E-state index contributed by atoms with van der Waals surface area (Å²) in [6.07, 6.45) is 1.44. The van der Waals surface area contributed by atoms with Gasteiger partial charge in [-0.05, 0) is 40.8 Å². The topological polar surface area (TPSA) is 70.2 Å². The second-order valence-electron chi connectivity index (χ2n) is 8.10. The zero-order valence-corrected chi connectivity index (χ0v) is 17.5. The van der Waals surface area contributed by atoms with E-state index in [2.05, 4.69) is 50.9 Å². The molecule has 1 aromatic carbocycles. The number of likely N-dealkylation sites (N-methyl/N-ethyl adjacent to an activating group) is 1. The SMILES string of the molecule is CC(C)Oc1cc2c(-c3cc(N4C[C@@H](C)N(C)[C@@H](C)C4)ncn3)n[nH]c2cc1F. The van der Waals surface area contributed by atoms with Gasteiger partial charge in [0.25, 0.3) is 0 Å². The van der Waals surface area contributed by atoms with Gasteiger partial charge in [0.1, 0.15) is 17.8 Å². The third kappa shape index (κ3) is 3.76. The van der Waals surface area contributed by atoms with Crippen LogP contribution < -0.4 is 9.64 Å². The standard InChI is InChI=1S/C21H27FN6O/c1-12(2)29-19-6-15-17(7-16(19)22)25-26-21(15)18-8-20(24-11-23-18)28-9-13(3)27(5)14(4)10-28/h6-8,11-14H,9-10H2,1-5H3,(H,25,26)/t13-,14+. The van der Waals surface area contributed by atoms with Crippen LogP contribution in [0.2, 0.25) is 0 Å². The van der Waals surface area contributed by atoms with Crippen molar-refractivity contribution < 1.29 is 9.13 Å². The van der Waals surface area contributed by atoms with Gasteiger partial charge < -0.3 is 9.64 Å². The third-order valence-corrected chi connectivity index (χ3v) is 5.56. The van der Waals surface area contributed by atoms with E-state index in [0.717, 1.165) is 24.3 Å². The molecule has 4 rings (SSSR count). The number of piperazine rings is 1. The van der Waals surface area contributed by atoms with E-state index in [9.17, 15) is 4.39 Å². The summed E-state index contributed by atoms with van der Waals surface area (Å²) in [5.74, 6) is 0.676. The molecule has 1 fully saturated rings. The highest BCUT2D eigenvalue weighted by Gasteiger charge is 2.27. The van der Waals surface area contributed by atoms with E-state index in [0.29, 0.717) is 29.0 Å². The minimum absolute atomic E-state index is 0.121. The van der Waals surface area contributed by atoms with Crippen LogP contribution in [0, 0.1) is 5.82 Å². The fourth-order valence-electron chi connectivity index (χ4n) is 3.80. The summed E-state index contributed by atoms with van der Waals surface area (Å²) in [5.41, 5.74) is 1.96. The molecule has 2 aromatic heterocycles. The maximum Gasteiger partial charge on any atom is 0.167 e. The molecule has 0 saturated carbocycles. The number of hydrogen-bond acceptors (Lipinski definition) is 6. The van der Waals surface area contributed by atoms with Crippen LogP contribution in [0.3, 0.4) is 0 Å². The quantitative estimate of drug-likeness (QED) is 0.726. The van der Waals surface area contributed by atoms with Crippen molar-refractivity contribution in [3.8, 4) is 17.1 Å². The third-order valence-electron chi connectivity index (χ3n) is 5.56. The smallest absolute Gasteiger partial charge is 0.167 e. The number of H-pyrrole nitrogens is 1. The molecule has 3 heterocycles. The van der Waals surface area contributed by atoms with Gasteiger partial charge in [0.15, 0.2) is 11.6 Å². The number of fused-ring (bicyclic) bond motifs is 1. The molecule has 0 spiro atoms. The fourth-order valence-corrected chi connectivity index (χ4v) is 3.80. The van der Waals surface area contributed by atoms with Gasteiger partial charge in [-0.1, -0.05) is 0 Å². The summed E-state index contributed by atoms with van der Waals surface area (Å²) >= 11 is 0. The van der Waals surface area contributed by atoms with Crippen molar-refractivity contribution in [1.82, 2.24) is 25.1 Å². The predicted molar refractivity (Wildman–Crippen MR) is 112 cm³/mol. The summed E-state index contributed by atoms with van der Waals surface area (Å²) in [7, 11) is 2.16. The maximum absolute atomic E-state index is 14.3. The first kappa shape index (κ1) is 19.6. The molecule has 0 bridgehead atoms. The van der Waals surface area contributed by atoms with Crippen molar-refractivity contribution in [2.24, 2.45) is 0 Å². The molecule has 0 unspecified atom stereocenters. The molecule has 1 aliphatic heterocycles. The normalized spacial score (nSPS) is 20.6. The second-order valence-corrected chi connectivity index (χ2v) is 8.10. The minimum Gasteiger partial charge on any atom is -0.488 e. The van der Waals surface area contributed by atoms with Crippen LogP contribution in [0.25, 0.3) is 22.3 Å². The summed E-state index contributed by atoms with van der Waals surface area (Å²) in [4.78, 5) is 13.6. The number of anilines is 1. The predicted octanol–water partition coefficient (Wildman–Crippen LogP) is 3.48. The average Bonchev–Trinajstić information content (AvgIpc) is 3.08. The van der Waals surface area contributed by atoms with E-state index in [4.69, 9.17) is 4.74 Å².